The van der Waals surface area contributed by atoms with E-state index in [0.717, 1.165) is 29.2 Å². The Balaban J connectivity index is 1.34. The van der Waals surface area contributed by atoms with E-state index in [2.05, 4.69) is 15.5 Å². The minimum absolute atomic E-state index is 0.160. The summed E-state index contributed by atoms with van der Waals surface area (Å²) >= 11 is 0. The highest BCUT2D eigenvalue weighted by Crippen LogP contribution is 2.60. The van der Waals surface area contributed by atoms with Crippen LogP contribution in [0.5, 0.6) is 0 Å². The number of rotatable bonds is 6. The molecule has 0 bridgehead atoms. The Morgan fingerprint density at radius 1 is 1.06 bits per heavy atom. The fourth-order valence-corrected chi connectivity index (χ4v) is 4.69. The summed E-state index contributed by atoms with van der Waals surface area (Å²) in [5.41, 5.74) is 0.274. The Hall–Kier alpha value is -3.74. The van der Waals surface area contributed by atoms with Crippen molar-refractivity contribution in [1.82, 2.24) is 10.3 Å². The van der Waals surface area contributed by atoms with Gasteiger partial charge < -0.3 is 14.9 Å². The highest BCUT2D eigenvalue weighted by atomic mass is 16.7. The van der Waals surface area contributed by atoms with Crippen LogP contribution < -0.4 is 5.32 Å². The lowest BCUT2D eigenvalue weighted by molar-refractivity contribution is -0.171. The lowest BCUT2D eigenvalue weighted by Gasteiger charge is -2.33. The van der Waals surface area contributed by atoms with Gasteiger partial charge in [-0.15, -0.1) is 0 Å². The van der Waals surface area contributed by atoms with Crippen molar-refractivity contribution in [1.29, 1.82) is 0 Å². The topological polar surface area (TPSA) is 89.9 Å². The Kier molecular flexibility index (Phi) is 4.89. The van der Waals surface area contributed by atoms with Crippen molar-refractivity contribution in [3.05, 3.63) is 78.1 Å². The third-order valence-electron chi connectivity index (χ3n) is 6.49. The van der Waals surface area contributed by atoms with Crippen LogP contribution in [0.15, 0.2) is 72.0 Å². The van der Waals surface area contributed by atoms with Crippen molar-refractivity contribution >= 4 is 28.4 Å². The molecule has 1 aromatic heterocycles. The normalized spacial score (nSPS) is 20.8. The molecule has 0 radical (unpaired) electrons. The van der Waals surface area contributed by atoms with Crippen LogP contribution in [0.25, 0.3) is 10.8 Å². The molecule has 1 atom stereocenters. The molecule has 1 amide bonds. The second-order valence-electron chi connectivity index (χ2n) is 8.26. The van der Waals surface area contributed by atoms with E-state index in [1.54, 1.807) is 6.20 Å². The first-order valence-electron chi connectivity index (χ1n) is 10.6. The predicted octanol–water partition coefficient (Wildman–Crippen LogP) is 3.38. The molecule has 1 unspecified atom stereocenters. The van der Waals surface area contributed by atoms with Crippen LogP contribution in [0.4, 0.5) is 0 Å². The van der Waals surface area contributed by atoms with Crippen LogP contribution in [0.1, 0.15) is 35.3 Å². The smallest absolute Gasteiger partial charge is 0.354 e. The molecule has 1 saturated carbocycles. The van der Waals surface area contributed by atoms with Gasteiger partial charge in [-0.3, -0.25) is 9.78 Å². The van der Waals surface area contributed by atoms with Crippen LogP contribution in [-0.2, 0) is 19.8 Å². The minimum Gasteiger partial charge on any atom is -0.466 e. The number of ether oxygens (including phenoxy) is 1. The number of carbonyl (C=O) groups is 2. The number of nitrogens with zero attached hydrogens (tertiary/aromatic N) is 2. The van der Waals surface area contributed by atoms with Crippen LogP contribution in [0.2, 0.25) is 0 Å². The molecule has 1 fully saturated rings. The van der Waals surface area contributed by atoms with Gasteiger partial charge in [-0.2, -0.15) is 0 Å². The van der Waals surface area contributed by atoms with Gasteiger partial charge in [0.25, 0.3) is 5.91 Å². The highest BCUT2D eigenvalue weighted by molar-refractivity contribution is 6.06. The number of pyridine rings is 1. The van der Waals surface area contributed by atoms with Crippen molar-refractivity contribution in [2.24, 2.45) is 5.16 Å². The number of methoxy groups -OCH3 is 1. The third kappa shape index (κ3) is 3.12. The maximum atomic E-state index is 12.9. The summed E-state index contributed by atoms with van der Waals surface area (Å²) in [6.45, 7) is 0.160. The van der Waals surface area contributed by atoms with Crippen molar-refractivity contribution in [3.63, 3.8) is 0 Å². The second-order valence-corrected chi connectivity index (χ2v) is 8.26. The summed E-state index contributed by atoms with van der Waals surface area (Å²) in [5, 5.41) is 8.80. The van der Waals surface area contributed by atoms with E-state index in [0.29, 0.717) is 11.4 Å². The van der Waals surface area contributed by atoms with Gasteiger partial charge in [0.1, 0.15) is 5.69 Å². The van der Waals surface area contributed by atoms with Gasteiger partial charge in [-0.25, -0.2) is 4.79 Å². The summed E-state index contributed by atoms with van der Waals surface area (Å²) in [6.07, 6.45) is 3.49. The summed E-state index contributed by atoms with van der Waals surface area (Å²) in [5.74, 6) is -0.746. The van der Waals surface area contributed by atoms with E-state index >= 15 is 0 Å². The summed E-state index contributed by atoms with van der Waals surface area (Å²) in [6, 6.07) is 19.3. The van der Waals surface area contributed by atoms with Crippen molar-refractivity contribution in [2.45, 2.75) is 30.3 Å². The Morgan fingerprint density at radius 2 is 1.81 bits per heavy atom. The maximum absolute atomic E-state index is 12.9. The number of hydrogen-bond acceptors (Lipinski definition) is 6. The van der Waals surface area contributed by atoms with Gasteiger partial charge >= 0.3 is 5.97 Å². The van der Waals surface area contributed by atoms with E-state index in [1.165, 1.54) is 7.11 Å². The fraction of sp³-hybridized carbons (Fsp3) is 0.280. The molecule has 32 heavy (non-hydrogen) atoms. The number of hydrogen-bond donors (Lipinski definition) is 1. The zero-order valence-corrected chi connectivity index (χ0v) is 17.7. The number of nitrogens with one attached hydrogen (secondary N) is 1. The van der Waals surface area contributed by atoms with Gasteiger partial charge in [0.15, 0.2) is 0 Å². The predicted molar refractivity (Wildman–Crippen MR) is 119 cm³/mol. The second kappa shape index (κ2) is 7.75. The number of esters is 1. The molecular formula is C25H23N3O4. The molecule has 2 heterocycles. The highest BCUT2D eigenvalue weighted by Gasteiger charge is 2.69. The molecule has 2 aliphatic rings. The van der Waals surface area contributed by atoms with Crippen molar-refractivity contribution < 1.29 is 19.2 Å². The molecule has 7 heteroatoms. The zero-order valence-electron chi connectivity index (χ0n) is 17.7. The Morgan fingerprint density at radius 3 is 2.56 bits per heavy atom. The lowest BCUT2D eigenvalue weighted by atomic mass is 9.75. The van der Waals surface area contributed by atoms with Crippen LogP contribution in [0.3, 0.4) is 0 Å². The van der Waals surface area contributed by atoms with Crippen LogP contribution >= 0.6 is 0 Å². The first kappa shape index (κ1) is 20.2. The largest absolute Gasteiger partial charge is 0.466 e. The standard InChI is InChI=1S/C25H23N3O4/c1-31-23(30)25(24(12-13-24)18-8-3-2-4-9-18)15-19(28-32-25)16-27-22(29)21-20-10-6-5-7-17(20)11-14-26-21/h2-11,14H,12-13,15-16H2,1H3,(H,27,29). The van der Waals surface area contributed by atoms with Gasteiger partial charge in [0.2, 0.25) is 5.60 Å². The Labute approximate surface area is 185 Å². The van der Waals surface area contributed by atoms with E-state index in [9.17, 15) is 9.59 Å². The first-order valence-corrected chi connectivity index (χ1v) is 10.6. The fourth-order valence-electron chi connectivity index (χ4n) is 4.69. The maximum Gasteiger partial charge on any atom is 0.354 e. The van der Waals surface area contributed by atoms with E-state index in [1.807, 2.05) is 60.7 Å². The van der Waals surface area contributed by atoms with Gasteiger partial charge in [-0.1, -0.05) is 59.8 Å². The van der Waals surface area contributed by atoms with Crippen molar-refractivity contribution in [2.75, 3.05) is 13.7 Å². The number of carbonyl (C=O) groups excluding carboxylic acids is 2. The number of fused-ring (bicyclic) bond motifs is 1. The minimum atomic E-state index is -1.22. The molecule has 1 N–H and O–H groups in total. The van der Waals surface area contributed by atoms with Gasteiger partial charge in [0, 0.05) is 23.4 Å². The average Bonchev–Trinajstić information content (AvgIpc) is 3.56. The van der Waals surface area contributed by atoms with Crippen LogP contribution in [0, 0.1) is 0 Å². The lowest BCUT2D eigenvalue weighted by Crippen LogP contribution is -2.51. The summed E-state index contributed by atoms with van der Waals surface area (Å²) < 4.78 is 5.14. The molecule has 7 nitrogen and oxygen atoms in total. The summed E-state index contributed by atoms with van der Waals surface area (Å²) in [7, 11) is 1.36. The molecule has 162 valence electrons. The zero-order chi connectivity index (χ0) is 22.2. The van der Waals surface area contributed by atoms with Crippen molar-refractivity contribution in [3.8, 4) is 0 Å². The SMILES string of the molecule is COC(=O)C1(C2(c3ccccc3)CC2)CC(CNC(=O)c2nccc3ccccc23)=NO1. The van der Waals surface area contributed by atoms with E-state index in [4.69, 9.17) is 9.57 Å². The van der Waals surface area contributed by atoms with Gasteiger partial charge in [-0.05, 0) is 29.9 Å². The average molecular weight is 429 g/mol. The monoisotopic (exact) mass is 429 g/mol. The van der Waals surface area contributed by atoms with Crippen LogP contribution in [-0.4, -0.2) is 41.8 Å². The molecular weight excluding hydrogens is 406 g/mol. The van der Waals surface area contributed by atoms with Gasteiger partial charge in [0.05, 0.1) is 19.4 Å². The molecule has 1 aliphatic carbocycles. The third-order valence-corrected chi connectivity index (χ3v) is 6.49. The molecule has 2 aromatic carbocycles. The number of aromatic nitrogens is 1. The molecule has 5 rings (SSSR count). The Bertz CT molecular complexity index is 1210. The molecule has 1 aliphatic heterocycles. The molecule has 0 saturated heterocycles. The van der Waals surface area contributed by atoms with E-state index < -0.39 is 17.0 Å². The summed E-state index contributed by atoms with van der Waals surface area (Å²) in [4.78, 5) is 35.9. The number of benzene rings is 2. The molecule has 0 spiro atoms. The number of amides is 1. The first-order chi connectivity index (χ1) is 15.6. The number of oxime groups is 1. The molecule has 3 aromatic rings. The quantitative estimate of drug-likeness (QED) is 0.607. The van der Waals surface area contributed by atoms with E-state index in [-0.39, 0.29) is 18.9 Å².